The molecule has 1 unspecified atom stereocenters. The third kappa shape index (κ3) is 2.51. The van der Waals surface area contributed by atoms with Crippen LogP contribution in [0.25, 0.3) is 0 Å². The molecule has 0 spiro atoms. The molecule has 3 amide bonds. The van der Waals surface area contributed by atoms with Crippen LogP contribution in [-0.2, 0) is 4.79 Å². The molecule has 2 fully saturated rings. The van der Waals surface area contributed by atoms with Gasteiger partial charge in [-0.05, 0) is 6.92 Å². The van der Waals surface area contributed by atoms with Crippen LogP contribution >= 0.6 is 0 Å². The molecule has 2 heterocycles. The number of urea groups is 1. The molecule has 0 saturated carbocycles. The fraction of sp³-hybridized carbons (Fsp3) is 0.800. The molecule has 0 aromatic carbocycles. The lowest BCUT2D eigenvalue weighted by atomic mass is 10.2. The Labute approximate surface area is 95.0 Å². The maximum Gasteiger partial charge on any atom is 0.324 e. The summed E-state index contributed by atoms with van der Waals surface area (Å²) in [5.41, 5.74) is 0. The zero-order chi connectivity index (χ0) is 11.5. The van der Waals surface area contributed by atoms with E-state index >= 15 is 0 Å². The van der Waals surface area contributed by atoms with E-state index in [9.17, 15) is 9.59 Å². The van der Waals surface area contributed by atoms with Gasteiger partial charge in [0, 0.05) is 38.8 Å². The highest BCUT2D eigenvalue weighted by atomic mass is 16.2. The second-order valence-electron chi connectivity index (χ2n) is 4.37. The van der Waals surface area contributed by atoms with Crippen molar-refractivity contribution in [2.45, 2.75) is 13.0 Å². The van der Waals surface area contributed by atoms with Crippen LogP contribution < -0.4 is 10.6 Å². The van der Waals surface area contributed by atoms with Crippen molar-refractivity contribution < 1.29 is 9.59 Å². The first-order valence-electron chi connectivity index (χ1n) is 5.71. The molecule has 1 atom stereocenters. The van der Waals surface area contributed by atoms with Crippen molar-refractivity contribution in [3.63, 3.8) is 0 Å². The molecule has 0 bridgehead atoms. The van der Waals surface area contributed by atoms with Gasteiger partial charge < -0.3 is 10.6 Å². The van der Waals surface area contributed by atoms with Crippen molar-refractivity contribution in [3.8, 4) is 0 Å². The van der Waals surface area contributed by atoms with Gasteiger partial charge >= 0.3 is 6.03 Å². The summed E-state index contributed by atoms with van der Waals surface area (Å²) in [6.07, 6.45) is 0. The van der Waals surface area contributed by atoms with Gasteiger partial charge in [-0.1, -0.05) is 0 Å². The molecule has 2 rings (SSSR count). The third-order valence-electron chi connectivity index (χ3n) is 2.97. The Balaban J connectivity index is 1.84. The Kier molecular flexibility index (Phi) is 3.40. The summed E-state index contributed by atoms with van der Waals surface area (Å²) in [4.78, 5) is 26.5. The largest absolute Gasteiger partial charge is 0.336 e. The van der Waals surface area contributed by atoms with Gasteiger partial charge in [0.2, 0.25) is 5.91 Å². The summed E-state index contributed by atoms with van der Waals surface area (Å²) in [6.45, 7) is 6.15. The Morgan fingerprint density at radius 3 is 2.88 bits per heavy atom. The predicted octanol–water partition coefficient (Wildman–Crippen LogP) is -1.17. The average Bonchev–Trinajstić information content (AvgIpc) is 2.64. The van der Waals surface area contributed by atoms with Gasteiger partial charge in [0.15, 0.2) is 0 Å². The van der Waals surface area contributed by atoms with Crippen LogP contribution in [0.15, 0.2) is 0 Å². The predicted molar refractivity (Wildman–Crippen MR) is 59.0 cm³/mol. The van der Waals surface area contributed by atoms with Crippen LogP contribution in [0, 0.1) is 0 Å². The summed E-state index contributed by atoms with van der Waals surface area (Å²) in [5, 5.41) is 5.95. The van der Waals surface area contributed by atoms with Crippen LogP contribution in [0.3, 0.4) is 0 Å². The number of nitrogens with zero attached hydrogens (tertiary/aromatic N) is 2. The third-order valence-corrected chi connectivity index (χ3v) is 2.97. The number of carbonyl (C=O) groups excluding carboxylic acids is 2. The quantitative estimate of drug-likeness (QED) is 0.623. The van der Waals surface area contributed by atoms with Gasteiger partial charge in [-0.3, -0.25) is 14.6 Å². The molecule has 2 N–H and O–H groups in total. The van der Waals surface area contributed by atoms with Crippen molar-refractivity contribution in [1.82, 2.24) is 20.4 Å². The molecular formula is C10H18N4O2. The van der Waals surface area contributed by atoms with E-state index < -0.39 is 0 Å². The normalized spacial score (nSPS) is 26.9. The molecule has 90 valence electrons. The van der Waals surface area contributed by atoms with Gasteiger partial charge in [0.25, 0.3) is 0 Å². The molecule has 2 aliphatic rings. The molecule has 2 aliphatic heterocycles. The van der Waals surface area contributed by atoms with Gasteiger partial charge in [-0.15, -0.1) is 0 Å². The van der Waals surface area contributed by atoms with Crippen LogP contribution in [0.2, 0.25) is 0 Å². The Morgan fingerprint density at radius 1 is 1.44 bits per heavy atom. The molecule has 0 aromatic heterocycles. The van der Waals surface area contributed by atoms with Gasteiger partial charge in [0.05, 0.1) is 6.54 Å². The smallest absolute Gasteiger partial charge is 0.324 e. The molecule has 0 aliphatic carbocycles. The summed E-state index contributed by atoms with van der Waals surface area (Å²) in [5.74, 6) is -0.0934. The topological polar surface area (TPSA) is 64.7 Å². The number of rotatable bonds is 2. The first kappa shape index (κ1) is 11.3. The molecule has 0 radical (unpaired) electrons. The number of hydrogen-bond acceptors (Lipinski definition) is 4. The number of amides is 3. The summed E-state index contributed by atoms with van der Waals surface area (Å²) in [7, 11) is 0. The van der Waals surface area contributed by atoms with Crippen molar-refractivity contribution in [2.24, 2.45) is 0 Å². The monoisotopic (exact) mass is 226 g/mol. The summed E-state index contributed by atoms with van der Waals surface area (Å²) in [6, 6.07) is 0.155. The standard InChI is InChI=1S/C10H18N4O2/c1-8-6-13(4-2-11-8)7-9(15)14-5-3-12-10(14)16/h8,11H,2-7H2,1H3,(H,12,16). The van der Waals surface area contributed by atoms with E-state index in [0.29, 0.717) is 25.7 Å². The fourth-order valence-corrected chi connectivity index (χ4v) is 2.14. The number of carbonyl (C=O) groups is 2. The molecule has 2 saturated heterocycles. The van der Waals surface area contributed by atoms with Crippen LogP contribution in [0.5, 0.6) is 0 Å². The number of nitrogens with one attached hydrogen (secondary N) is 2. The van der Waals surface area contributed by atoms with Crippen molar-refractivity contribution in [2.75, 3.05) is 39.3 Å². The maximum atomic E-state index is 11.8. The lowest BCUT2D eigenvalue weighted by molar-refractivity contribution is -0.129. The van der Waals surface area contributed by atoms with E-state index in [2.05, 4.69) is 22.5 Å². The minimum atomic E-state index is -0.256. The molecular weight excluding hydrogens is 208 g/mol. The van der Waals surface area contributed by atoms with E-state index in [1.54, 1.807) is 0 Å². The minimum absolute atomic E-state index is 0.0934. The van der Waals surface area contributed by atoms with Crippen LogP contribution in [-0.4, -0.2) is 67.0 Å². The SMILES string of the molecule is CC1CN(CC(=O)N2CCNC2=O)CCN1. The van der Waals surface area contributed by atoms with E-state index in [-0.39, 0.29) is 11.9 Å². The molecule has 6 nitrogen and oxygen atoms in total. The van der Waals surface area contributed by atoms with Gasteiger partial charge in [0.1, 0.15) is 0 Å². The average molecular weight is 226 g/mol. The zero-order valence-corrected chi connectivity index (χ0v) is 9.53. The molecule has 6 heteroatoms. The van der Waals surface area contributed by atoms with Crippen molar-refractivity contribution >= 4 is 11.9 Å². The van der Waals surface area contributed by atoms with E-state index in [4.69, 9.17) is 0 Å². The van der Waals surface area contributed by atoms with Crippen molar-refractivity contribution in [3.05, 3.63) is 0 Å². The maximum absolute atomic E-state index is 11.8. The second kappa shape index (κ2) is 4.80. The van der Waals surface area contributed by atoms with Gasteiger partial charge in [-0.2, -0.15) is 0 Å². The second-order valence-corrected chi connectivity index (χ2v) is 4.37. The molecule has 0 aromatic rings. The van der Waals surface area contributed by atoms with Crippen molar-refractivity contribution in [1.29, 1.82) is 0 Å². The lowest BCUT2D eigenvalue weighted by Gasteiger charge is -2.31. The van der Waals surface area contributed by atoms with Crippen LogP contribution in [0.1, 0.15) is 6.92 Å². The van der Waals surface area contributed by atoms with Gasteiger partial charge in [-0.25, -0.2) is 4.79 Å². The summed E-state index contributed by atoms with van der Waals surface area (Å²) >= 11 is 0. The minimum Gasteiger partial charge on any atom is -0.336 e. The number of hydrogen-bond donors (Lipinski definition) is 2. The Bertz CT molecular complexity index is 295. The Hall–Kier alpha value is -1.14. The first-order chi connectivity index (χ1) is 7.66. The number of piperazine rings is 1. The van der Waals surface area contributed by atoms with E-state index in [1.165, 1.54) is 4.90 Å². The fourth-order valence-electron chi connectivity index (χ4n) is 2.14. The molecule has 16 heavy (non-hydrogen) atoms. The highest BCUT2D eigenvalue weighted by Crippen LogP contribution is 2.02. The number of imide groups is 1. The zero-order valence-electron chi connectivity index (χ0n) is 9.53. The first-order valence-corrected chi connectivity index (χ1v) is 5.71. The highest BCUT2D eigenvalue weighted by molar-refractivity contribution is 5.96. The van der Waals surface area contributed by atoms with E-state index in [0.717, 1.165) is 19.6 Å². The highest BCUT2D eigenvalue weighted by Gasteiger charge is 2.28. The lowest BCUT2D eigenvalue weighted by Crippen LogP contribution is -2.52. The van der Waals surface area contributed by atoms with E-state index in [1.807, 2.05) is 0 Å². The van der Waals surface area contributed by atoms with Crippen LogP contribution in [0.4, 0.5) is 4.79 Å². The summed E-state index contributed by atoms with van der Waals surface area (Å²) < 4.78 is 0. The Morgan fingerprint density at radius 2 is 2.25 bits per heavy atom.